The van der Waals surface area contributed by atoms with Crippen molar-refractivity contribution in [2.75, 3.05) is 11.9 Å². The topological polar surface area (TPSA) is 59.0 Å². The van der Waals surface area contributed by atoms with Crippen molar-refractivity contribution in [3.8, 4) is 0 Å². The molecule has 1 aliphatic carbocycles. The molecule has 146 valence electrons. The molecule has 0 radical (unpaired) electrons. The maximum Gasteiger partial charge on any atom is 0.276 e. The summed E-state index contributed by atoms with van der Waals surface area (Å²) < 4.78 is 16.7. The molecule has 2 heterocycles. The largest absolute Gasteiger partial charge is 0.318 e. The smallest absolute Gasteiger partial charge is 0.276 e. The van der Waals surface area contributed by atoms with E-state index in [4.69, 9.17) is 0 Å². The van der Waals surface area contributed by atoms with E-state index in [0.29, 0.717) is 30.1 Å². The summed E-state index contributed by atoms with van der Waals surface area (Å²) in [6.45, 7) is 7.64. The zero-order valence-electron chi connectivity index (χ0n) is 15.9. The van der Waals surface area contributed by atoms with E-state index >= 15 is 0 Å². The number of carbonyl (C=O) groups is 1. The van der Waals surface area contributed by atoms with Gasteiger partial charge >= 0.3 is 0 Å². The van der Waals surface area contributed by atoms with E-state index in [1.54, 1.807) is 6.07 Å². The first kappa shape index (κ1) is 19.8. The van der Waals surface area contributed by atoms with Crippen LogP contribution in [0.4, 0.5) is 10.1 Å². The Hall–Kier alpha value is -1.92. The van der Waals surface area contributed by atoms with Crippen LogP contribution in [-0.4, -0.2) is 22.2 Å². The molecule has 7 heteroatoms. The maximum absolute atomic E-state index is 14.8. The Kier molecular flexibility index (Phi) is 5.32. The van der Waals surface area contributed by atoms with E-state index in [0.717, 1.165) is 30.6 Å². The SMILES string of the molecule is CC(C)(C)n1nc(C(=O)Nc2ccc3c(c2F)CCNC3)cc1C1CC1.Cl. The Bertz CT molecular complexity index is 868. The molecular weight excluding hydrogens is 367 g/mol. The second-order valence-electron chi connectivity index (χ2n) is 8.26. The number of hydrogen-bond acceptors (Lipinski definition) is 3. The lowest BCUT2D eigenvalue weighted by Gasteiger charge is -2.22. The molecule has 5 nitrogen and oxygen atoms in total. The molecule has 2 aromatic rings. The summed E-state index contributed by atoms with van der Waals surface area (Å²) in [5.74, 6) is -0.200. The molecule has 0 saturated heterocycles. The van der Waals surface area contributed by atoms with Crippen LogP contribution in [0.15, 0.2) is 18.2 Å². The van der Waals surface area contributed by atoms with Gasteiger partial charge in [0.2, 0.25) is 0 Å². The number of anilines is 1. The minimum absolute atomic E-state index is 0. The van der Waals surface area contributed by atoms with Crippen LogP contribution in [0, 0.1) is 5.82 Å². The quantitative estimate of drug-likeness (QED) is 0.830. The van der Waals surface area contributed by atoms with Gasteiger partial charge in [0.15, 0.2) is 5.69 Å². The first-order chi connectivity index (χ1) is 12.3. The highest BCUT2D eigenvalue weighted by Gasteiger charge is 2.32. The Morgan fingerprint density at radius 1 is 1.33 bits per heavy atom. The molecule has 0 atom stereocenters. The van der Waals surface area contributed by atoms with Crippen LogP contribution >= 0.6 is 12.4 Å². The second kappa shape index (κ2) is 7.24. The summed E-state index contributed by atoms with van der Waals surface area (Å²) in [5, 5.41) is 10.5. The third kappa shape index (κ3) is 3.87. The monoisotopic (exact) mass is 392 g/mol. The number of fused-ring (bicyclic) bond motifs is 1. The summed E-state index contributed by atoms with van der Waals surface area (Å²) in [6, 6.07) is 5.38. The minimum atomic E-state index is -0.359. The Morgan fingerprint density at radius 2 is 2.07 bits per heavy atom. The lowest BCUT2D eigenvalue weighted by Crippen LogP contribution is -2.26. The highest BCUT2D eigenvalue weighted by Crippen LogP contribution is 2.41. The van der Waals surface area contributed by atoms with Crippen molar-refractivity contribution in [1.29, 1.82) is 0 Å². The van der Waals surface area contributed by atoms with Gasteiger partial charge in [0.25, 0.3) is 5.91 Å². The summed E-state index contributed by atoms with van der Waals surface area (Å²) in [6.07, 6.45) is 2.90. The van der Waals surface area contributed by atoms with E-state index in [1.807, 2.05) is 16.8 Å². The molecule has 27 heavy (non-hydrogen) atoms. The molecule has 0 bridgehead atoms. The summed E-state index contributed by atoms with van der Waals surface area (Å²) >= 11 is 0. The fraction of sp³-hybridized carbons (Fsp3) is 0.500. The molecule has 2 N–H and O–H groups in total. The van der Waals surface area contributed by atoms with Gasteiger partial charge in [-0.2, -0.15) is 5.10 Å². The van der Waals surface area contributed by atoms with Crippen LogP contribution in [0.1, 0.15) is 66.8 Å². The molecule has 2 aliphatic rings. The molecule has 0 unspecified atom stereocenters. The van der Waals surface area contributed by atoms with Gasteiger partial charge in [0.1, 0.15) is 5.82 Å². The standard InChI is InChI=1S/C20H25FN4O.ClH/c1-20(2,3)25-17(12-4-5-12)10-16(24-25)19(26)23-15-7-6-13-11-22-9-8-14(13)18(15)21;/h6-7,10,12,22H,4-5,8-9,11H2,1-3H3,(H,23,26);1H. The predicted octanol–water partition coefficient (Wildman–Crippen LogP) is 3.97. The molecule has 0 spiro atoms. The number of aromatic nitrogens is 2. The fourth-order valence-electron chi connectivity index (χ4n) is 3.53. The maximum atomic E-state index is 14.8. The van der Waals surface area contributed by atoms with Crippen molar-refractivity contribution < 1.29 is 9.18 Å². The third-order valence-electron chi connectivity index (χ3n) is 5.06. The van der Waals surface area contributed by atoms with Crippen LogP contribution in [0.5, 0.6) is 0 Å². The minimum Gasteiger partial charge on any atom is -0.318 e. The number of amides is 1. The van der Waals surface area contributed by atoms with Crippen molar-refractivity contribution in [2.45, 2.75) is 58.0 Å². The second-order valence-corrected chi connectivity index (χ2v) is 8.26. The van der Waals surface area contributed by atoms with E-state index in [2.05, 4.69) is 36.5 Å². The average molecular weight is 393 g/mol. The Morgan fingerprint density at radius 3 is 2.74 bits per heavy atom. The van der Waals surface area contributed by atoms with Crippen molar-refractivity contribution in [1.82, 2.24) is 15.1 Å². The van der Waals surface area contributed by atoms with Crippen molar-refractivity contribution in [2.24, 2.45) is 0 Å². The molecule has 1 amide bonds. The Labute approximate surface area is 165 Å². The lowest BCUT2D eigenvalue weighted by molar-refractivity contribution is 0.102. The molecule has 1 aromatic carbocycles. The highest BCUT2D eigenvalue weighted by atomic mass is 35.5. The normalized spacial score (nSPS) is 16.4. The molecule has 1 saturated carbocycles. The van der Waals surface area contributed by atoms with Gasteiger partial charge in [0.05, 0.1) is 11.2 Å². The zero-order valence-corrected chi connectivity index (χ0v) is 16.8. The number of carbonyl (C=O) groups excluding carboxylic acids is 1. The van der Waals surface area contributed by atoms with Gasteiger partial charge in [-0.15, -0.1) is 12.4 Å². The van der Waals surface area contributed by atoms with Crippen LogP contribution in [0.2, 0.25) is 0 Å². The molecular formula is C20H26ClFN4O. The van der Waals surface area contributed by atoms with Gasteiger partial charge in [-0.3, -0.25) is 9.48 Å². The Balaban J connectivity index is 0.00000210. The number of nitrogens with zero attached hydrogens (tertiary/aromatic N) is 2. The number of rotatable bonds is 3. The van der Waals surface area contributed by atoms with E-state index in [9.17, 15) is 9.18 Å². The van der Waals surface area contributed by atoms with E-state index < -0.39 is 0 Å². The molecule has 1 aliphatic heterocycles. The molecule has 4 rings (SSSR count). The molecule has 1 fully saturated rings. The van der Waals surface area contributed by atoms with Crippen LogP contribution in [0.3, 0.4) is 0 Å². The van der Waals surface area contributed by atoms with E-state index in [-0.39, 0.29) is 35.4 Å². The van der Waals surface area contributed by atoms with Crippen molar-refractivity contribution in [3.05, 3.63) is 46.5 Å². The number of halogens is 2. The average Bonchev–Trinajstić information content (AvgIpc) is 3.34. The van der Waals surface area contributed by atoms with Gasteiger partial charge in [-0.25, -0.2) is 4.39 Å². The van der Waals surface area contributed by atoms with Crippen LogP contribution < -0.4 is 10.6 Å². The van der Waals surface area contributed by atoms with E-state index in [1.165, 1.54) is 0 Å². The highest BCUT2D eigenvalue weighted by molar-refractivity contribution is 6.03. The zero-order chi connectivity index (χ0) is 18.5. The summed E-state index contributed by atoms with van der Waals surface area (Å²) in [7, 11) is 0. The van der Waals surface area contributed by atoms with Gasteiger partial charge < -0.3 is 10.6 Å². The summed E-state index contributed by atoms with van der Waals surface area (Å²) in [5.41, 5.74) is 3.13. The number of nitrogens with one attached hydrogen (secondary N) is 2. The van der Waals surface area contributed by atoms with Gasteiger partial charge in [-0.1, -0.05) is 6.07 Å². The lowest BCUT2D eigenvalue weighted by atomic mass is 9.99. The van der Waals surface area contributed by atoms with Crippen molar-refractivity contribution in [3.63, 3.8) is 0 Å². The first-order valence-electron chi connectivity index (χ1n) is 9.27. The first-order valence-corrected chi connectivity index (χ1v) is 9.27. The molecule has 1 aromatic heterocycles. The number of hydrogen-bond donors (Lipinski definition) is 2. The van der Waals surface area contributed by atoms with Crippen LogP contribution in [-0.2, 0) is 18.5 Å². The van der Waals surface area contributed by atoms with Gasteiger partial charge in [-0.05, 0) is 69.8 Å². The number of benzene rings is 1. The van der Waals surface area contributed by atoms with Crippen molar-refractivity contribution >= 4 is 24.0 Å². The predicted molar refractivity (Wildman–Crippen MR) is 106 cm³/mol. The third-order valence-corrected chi connectivity index (χ3v) is 5.06. The van der Waals surface area contributed by atoms with Gasteiger partial charge in [0, 0.05) is 18.2 Å². The van der Waals surface area contributed by atoms with Crippen LogP contribution in [0.25, 0.3) is 0 Å². The fourth-order valence-corrected chi connectivity index (χ4v) is 3.53. The summed E-state index contributed by atoms with van der Waals surface area (Å²) in [4.78, 5) is 12.7.